The first kappa shape index (κ1) is 48.7. The molecule has 0 radical (unpaired) electrons. The van der Waals surface area contributed by atoms with Crippen molar-refractivity contribution in [1.82, 2.24) is 0 Å². The zero-order valence-corrected chi connectivity index (χ0v) is 33.0. The summed E-state index contributed by atoms with van der Waals surface area (Å²) < 4.78 is 32.6. The molecule has 0 rings (SSSR count). The Morgan fingerprint density at radius 1 is 0.608 bits per heavy atom. The predicted octanol–water partition coefficient (Wildman–Crippen LogP) is 10.9. The number of phosphoric ester groups is 1. The lowest BCUT2D eigenvalue weighted by atomic mass is 10.1. The summed E-state index contributed by atoms with van der Waals surface area (Å²) in [6.45, 7) is 3.53. The lowest BCUT2D eigenvalue weighted by molar-refractivity contribution is -0.161. The van der Waals surface area contributed by atoms with Gasteiger partial charge in [-0.3, -0.25) is 18.6 Å². The molecule has 0 aliphatic rings. The van der Waals surface area contributed by atoms with Crippen molar-refractivity contribution in [3.05, 3.63) is 60.8 Å². The second-order valence-corrected chi connectivity index (χ2v) is 14.2. The van der Waals surface area contributed by atoms with Crippen molar-refractivity contribution in [3.8, 4) is 0 Å². The van der Waals surface area contributed by atoms with Crippen LogP contribution in [0.2, 0.25) is 0 Å². The molecule has 0 amide bonds. The van der Waals surface area contributed by atoms with Gasteiger partial charge in [-0.2, -0.15) is 0 Å². The quantitative estimate of drug-likeness (QED) is 0.0279. The Hall–Kier alpha value is -2.29. The first-order valence-corrected chi connectivity index (χ1v) is 21.3. The average molecular weight is 738 g/mol. The maximum atomic E-state index is 12.5. The van der Waals surface area contributed by atoms with Crippen molar-refractivity contribution in [2.24, 2.45) is 5.73 Å². The third-order valence-electron chi connectivity index (χ3n) is 7.89. The minimum Gasteiger partial charge on any atom is -0.462 e. The molecule has 0 bridgehead atoms. The molecule has 51 heavy (non-hydrogen) atoms. The minimum atomic E-state index is -4.38. The molecule has 0 aromatic heterocycles. The van der Waals surface area contributed by atoms with Crippen molar-refractivity contribution in [3.63, 3.8) is 0 Å². The van der Waals surface area contributed by atoms with E-state index in [1.54, 1.807) is 0 Å². The molecule has 1 unspecified atom stereocenters. The van der Waals surface area contributed by atoms with Gasteiger partial charge in [0.15, 0.2) is 6.10 Å². The summed E-state index contributed by atoms with van der Waals surface area (Å²) in [5, 5.41) is 0. The number of ether oxygens (including phenoxy) is 2. The maximum Gasteiger partial charge on any atom is 0.472 e. The number of nitrogens with two attached hydrogens (primary N) is 1. The minimum absolute atomic E-state index is 0.0445. The molecule has 294 valence electrons. The highest BCUT2D eigenvalue weighted by atomic mass is 31.2. The van der Waals surface area contributed by atoms with E-state index in [1.807, 2.05) is 0 Å². The third kappa shape index (κ3) is 37.3. The molecule has 3 N–H and O–H groups in total. The van der Waals surface area contributed by atoms with Gasteiger partial charge in [-0.05, 0) is 77.0 Å². The Labute approximate surface area is 310 Å². The van der Waals surface area contributed by atoms with Crippen LogP contribution in [0.1, 0.15) is 155 Å². The van der Waals surface area contributed by atoms with Gasteiger partial charge in [0.25, 0.3) is 0 Å². The van der Waals surface area contributed by atoms with Crippen molar-refractivity contribution < 1.29 is 37.6 Å². The van der Waals surface area contributed by atoms with Crippen LogP contribution in [0.25, 0.3) is 0 Å². The van der Waals surface area contributed by atoms with E-state index in [0.29, 0.717) is 12.8 Å². The van der Waals surface area contributed by atoms with Crippen LogP contribution in [0.4, 0.5) is 0 Å². The molecule has 0 aliphatic heterocycles. The van der Waals surface area contributed by atoms with Crippen LogP contribution in [-0.2, 0) is 32.7 Å². The number of hydrogen-bond acceptors (Lipinski definition) is 8. The van der Waals surface area contributed by atoms with E-state index in [0.717, 1.165) is 64.2 Å². The van der Waals surface area contributed by atoms with Gasteiger partial charge in [-0.25, -0.2) is 4.57 Å². The molecule has 9 nitrogen and oxygen atoms in total. The normalized spacial score (nSPS) is 14.0. The van der Waals surface area contributed by atoms with E-state index in [1.165, 1.54) is 51.4 Å². The van der Waals surface area contributed by atoms with Gasteiger partial charge in [0, 0.05) is 19.4 Å². The largest absolute Gasteiger partial charge is 0.472 e. The molecular formula is C41H72NO8P. The van der Waals surface area contributed by atoms with Crippen molar-refractivity contribution in [1.29, 1.82) is 0 Å². The zero-order valence-electron chi connectivity index (χ0n) is 32.1. The van der Waals surface area contributed by atoms with Crippen LogP contribution in [0.15, 0.2) is 60.8 Å². The van der Waals surface area contributed by atoms with Gasteiger partial charge in [-0.1, -0.05) is 126 Å². The maximum absolute atomic E-state index is 12.5. The van der Waals surface area contributed by atoms with Crippen molar-refractivity contribution >= 4 is 19.8 Å². The van der Waals surface area contributed by atoms with Gasteiger partial charge in [0.2, 0.25) is 0 Å². The number of carbonyl (C=O) groups excluding carboxylic acids is 2. The summed E-state index contributed by atoms with van der Waals surface area (Å²) in [5.41, 5.74) is 5.33. The molecule has 0 heterocycles. The lowest BCUT2D eigenvalue weighted by Crippen LogP contribution is -2.29. The van der Waals surface area contributed by atoms with Crippen molar-refractivity contribution in [2.75, 3.05) is 26.4 Å². The number of allylic oxidation sites excluding steroid dienone is 10. The van der Waals surface area contributed by atoms with E-state index in [-0.39, 0.29) is 32.6 Å². The summed E-state index contributed by atoms with van der Waals surface area (Å²) in [4.78, 5) is 34.7. The Bertz CT molecular complexity index is 1020. The SMILES string of the molecule is CCC=CCC=CCC=CCC=CCCCCC(=O)OC[C@H](COP(=O)(O)OCCN)OC(=O)CCCCCCCCCC=CCCCCCC. The number of carbonyl (C=O) groups is 2. The van der Waals surface area contributed by atoms with Crippen LogP contribution in [0.3, 0.4) is 0 Å². The van der Waals surface area contributed by atoms with Crippen LogP contribution in [0, 0.1) is 0 Å². The summed E-state index contributed by atoms with van der Waals surface area (Å²) in [6, 6.07) is 0. The number of rotatable bonds is 36. The molecule has 0 spiro atoms. The van der Waals surface area contributed by atoms with Gasteiger partial charge >= 0.3 is 19.8 Å². The molecule has 10 heteroatoms. The summed E-state index contributed by atoms with van der Waals surface area (Å²) in [5.74, 6) is -0.888. The molecule has 0 fully saturated rings. The molecule has 0 aromatic carbocycles. The summed E-state index contributed by atoms with van der Waals surface area (Å²) in [7, 11) is -4.38. The van der Waals surface area contributed by atoms with Gasteiger partial charge in [0.05, 0.1) is 13.2 Å². The van der Waals surface area contributed by atoms with E-state index in [2.05, 4.69) is 74.6 Å². The van der Waals surface area contributed by atoms with Crippen molar-refractivity contribution in [2.45, 2.75) is 161 Å². The fraction of sp³-hybridized carbons (Fsp3) is 0.707. The van der Waals surface area contributed by atoms with Crippen LogP contribution >= 0.6 is 7.82 Å². The highest BCUT2D eigenvalue weighted by Gasteiger charge is 2.25. The standard InChI is InChI=1S/C41H72NO8P/c1-3-5-7-9-11-13-15-17-19-21-23-25-27-29-31-33-40(43)47-37-39(38-49-51(45,46)48-36-35-42)50-41(44)34-32-30-28-26-24-22-20-18-16-14-12-10-8-6-4-2/h5,7,11,13-14,16-17,19,23,25,39H,3-4,6,8-10,12,15,18,20-22,24,26-38,42H2,1-2H3,(H,45,46)/t39-/m1/s1. The van der Waals surface area contributed by atoms with Crippen LogP contribution in [0.5, 0.6) is 0 Å². The van der Waals surface area contributed by atoms with E-state index in [9.17, 15) is 19.0 Å². The fourth-order valence-corrected chi connectivity index (χ4v) is 5.74. The Morgan fingerprint density at radius 2 is 1.08 bits per heavy atom. The van der Waals surface area contributed by atoms with Gasteiger partial charge in [0.1, 0.15) is 6.61 Å². The second kappa shape index (κ2) is 37.5. The molecule has 0 aromatic rings. The average Bonchev–Trinajstić information content (AvgIpc) is 3.11. The van der Waals surface area contributed by atoms with E-state index >= 15 is 0 Å². The second-order valence-electron chi connectivity index (χ2n) is 12.8. The first-order chi connectivity index (χ1) is 24.8. The zero-order chi connectivity index (χ0) is 37.5. The van der Waals surface area contributed by atoms with E-state index < -0.39 is 32.5 Å². The Morgan fingerprint density at radius 3 is 1.67 bits per heavy atom. The molecular weight excluding hydrogens is 665 g/mol. The summed E-state index contributed by atoms with van der Waals surface area (Å²) in [6.07, 6.45) is 42.5. The fourth-order valence-electron chi connectivity index (χ4n) is 4.97. The molecule has 0 saturated carbocycles. The number of hydrogen-bond donors (Lipinski definition) is 2. The number of phosphoric acid groups is 1. The monoisotopic (exact) mass is 737 g/mol. The molecule has 0 saturated heterocycles. The lowest BCUT2D eigenvalue weighted by Gasteiger charge is -2.19. The first-order valence-electron chi connectivity index (χ1n) is 19.8. The van der Waals surface area contributed by atoms with Crippen LogP contribution in [-0.4, -0.2) is 49.3 Å². The van der Waals surface area contributed by atoms with Crippen LogP contribution < -0.4 is 5.73 Å². The highest BCUT2D eigenvalue weighted by Crippen LogP contribution is 2.43. The molecule has 0 aliphatic carbocycles. The Balaban J connectivity index is 4.29. The summed E-state index contributed by atoms with van der Waals surface area (Å²) >= 11 is 0. The Kier molecular flexibility index (Phi) is 35.8. The van der Waals surface area contributed by atoms with Gasteiger partial charge in [-0.15, -0.1) is 0 Å². The topological polar surface area (TPSA) is 134 Å². The highest BCUT2D eigenvalue weighted by molar-refractivity contribution is 7.47. The predicted molar refractivity (Wildman–Crippen MR) is 210 cm³/mol. The van der Waals surface area contributed by atoms with Gasteiger partial charge < -0.3 is 20.1 Å². The third-order valence-corrected chi connectivity index (χ3v) is 8.87. The number of unbranched alkanes of at least 4 members (excludes halogenated alkanes) is 13. The molecule has 2 atom stereocenters. The smallest absolute Gasteiger partial charge is 0.462 e. The van der Waals surface area contributed by atoms with E-state index in [4.69, 9.17) is 24.3 Å². The number of esters is 2.